The highest BCUT2D eigenvalue weighted by Gasteiger charge is 2.36. The summed E-state index contributed by atoms with van der Waals surface area (Å²) in [5.74, 6) is 0.578. The van der Waals surface area contributed by atoms with Crippen molar-refractivity contribution in [2.45, 2.75) is 52.1 Å². The van der Waals surface area contributed by atoms with Crippen molar-refractivity contribution in [3.63, 3.8) is 0 Å². The third-order valence-corrected chi connectivity index (χ3v) is 5.14. The number of aryl methyl sites for hydroxylation is 1. The summed E-state index contributed by atoms with van der Waals surface area (Å²) in [5.41, 5.74) is 2.40. The fraction of sp³-hybridized carbons (Fsp3) is 0.632. The first-order valence-electron chi connectivity index (χ1n) is 9.28. The maximum Gasteiger partial charge on any atom is 0.254 e. The molecule has 4 rings (SSSR count). The Labute approximate surface area is 148 Å². The zero-order valence-corrected chi connectivity index (χ0v) is 15.2. The van der Waals surface area contributed by atoms with E-state index >= 15 is 0 Å². The number of amides is 1. The standard InChI is InChI=1S/C19H26N4O2/c1-12(2)23-18-17(9-20-23)16(8-13(3)21-18)19(24)22(15-4-5-15)10-14-6-7-25-11-14/h8-9,12,14-15H,4-7,10-11H2,1-3H3. The van der Waals surface area contributed by atoms with Gasteiger partial charge in [0, 0.05) is 36.8 Å². The van der Waals surface area contributed by atoms with Crippen molar-refractivity contribution in [1.29, 1.82) is 0 Å². The van der Waals surface area contributed by atoms with Crippen molar-refractivity contribution in [2.75, 3.05) is 19.8 Å². The minimum absolute atomic E-state index is 0.119. The molecule has 0 N–H and O–H groups in total. The minimum Gasteiger partial charge on any atom is -0.381 e. The Balaban J connectivity index is 1.70. The van der Waals surface area contributed by atoms with E-state index in [0.717, 1.165) is 61.3 Å². The van der Waals surface area contributed by atoms with Crippen molar-refractivity contribution >= 4 is 16.9 Å². The summed E-state index contributed by atoms with van der Waals surface area (Å²) in [5, 5.41) is 5.32. The molecule has 3 heterocycles. The Kier molecular flexibility index (Phi) is 4.23. The first kappa shape index (κ1) is 16.5. The molecule has 2 fully saturated rings. The molecule has 2 aromatic heterocycles. The molecule has 0 aromatic carbocycles. The van der Waals surface area contributed by atoms with Crippen LogP contribution in [-0.2, 0) is 4.74 Å². The topological polar surface area (TPSA) is 60.3 Å². The Morgan fingerprint density at radius 1 is 1.40 bits per heavy atom. The summed E-state index contributed by atoms with van der Waals surface area (Å²) in [6.45, 7) is 8.48. The molecule has 0 radical (unpaired) electrons. The molecule has 2 aliphatic rings. The quantitative estimate of drug-likeness (QED) is 0.838. The van der Waals surface area contributed by atoms with Crippen LogP contribution in [-0.4, -0.2) is 51.4 Å². The molecular formula is C19H26N4O2. The van der Waals surface area contributed by atoms with Gasteiger partial charge >= 0.3 is 0 Å². The summed E-state index contributed by atoms with van der Waals surface area (Å²) in [6, 6.07) is 2.51. The smallest absolute Gasteiger partial charge is 0.254 e. The Bertz CT molecular complexity index is 788. The van der Waals surface area contributed by atoms with Gasteiger partial charge in [0.05, 0.1) is 23.8 Å². The second-order valence-electron chi connectivity index (χ2n) is 7.65. The number of hydrogen-bond donors (Lipinski definition) is 0. The van der Waals surface area contributed by atoms with Gasteiger partial charge in [0.25, 0.3) is 5.91 Å². The fourth-order valence-electron chi connectivity index (χ4n) is 3.64. The molecule has 1 atom stereocenters. The minimum atomic E-state index is 0.119. The Hall–Kier alpha value is -1.95. The van der Waals surface area contributed by atoms with Crippen LogP contribution < -0.4 is 0 Å². The third-order valence-electron chi connectivity index (χ3n) is 5.14. The van der Waals surface area contributed by atoms with Gasteiger partial charge in [-0.1, -0.05) is 0 Å². The van der Waals surface area contributed by atoms with Gasteiger partial charge in [-0.3, -0.25) is 4.79 Å². The molecule has 1 unspecified atom stereocenters. The van der Waals surface area contributed by atoms with Crippen LogP contribution in [0.3, 0.4) is 0 Å². The van der Waals surface area contributed by atoms with Gasteiger partial charge in [0.1, 0.15) is 0 Å². The fourth-order valence-corrected chi connectivity index (χ4v) is 3.64. The molecular weight excluding hydrogens is 316 g/mol. The largest absolute Gasteiger partial charge is 0.381 e. The molecule has 1 saturated carbocycles. The number of aromatic nitrogens is 3. The molecule has 0 spiro atoms. The first-order valence-corrected chi connectivity index (χ1v) is 9.28. The second-order valence-corrected chi connectivity index (χ2v) is 7.65. The summed E-state index contributed by atoms with van der Waals surface area (Å²) in [6.07, 6.45) is 5.06. The SMILES string of the molecule is Cc1cc(C(=O)N(CC2CCOC2)C2CC2)c2cnn(C(C)C)c2n1. The molecule has 6 heteroatoms. The van der Waals surface area contributed by atoms with E-state index in [4.69, 9.17) is 4.74 Å². The van der Waals surface area contributed by atoms with Crippen LogP contribution >= 0.6 is 0 Å². The molecule has 2 aromatic rings. The van der Waals surface area contributed by atoms with Crippen LogP contribution in [0.15, 0.2) is 12.3 Å². The normalized spacial score (nSPS) is 20.6. The summed E-state index contributed by atoms with van der Waals surface area (Å²) < 4.78 is 7.40. The predicted molar refractivity (Wildman–Crippen MR) is 95.6 cm³/mol. The van der Waals surface area contributed by atoms with Crippen molar-refractivity contribution in [1.82, 2.24) is 19.7 Å². The van der Waals surface area contributed by atoms with E-state index in [-0.39, 0.29) is 11.9 Å². The summed E-state index contributed by atoms with van der Waals surface area (Å²) in [7, 11) is 0. The average molecular weight is 342 g/mol. The zero-order chi connectivity index (χ0) is 17.6. The third kappa shape index (κ3) is 3.15. The molecule has 134 valence electrons. The van der Waals surface area contributed by atoms with E-state index in [9.17, 15) is 4.79 Å². The predicted octanol–water partition coefficient (Wildman–Crippen LogP) is 2.96. The number of fused-ring (bicyclic) bond motifs is 1. The lowest BCUT2D eigenvalue weighted by atomic mass is 10.1. The van der Waals surface area contributed by atoms with E-state index in [2.05, 4.69) is 28.8 Å². The van der Waals surface area contributed by atoms with Crippen molar-refractivity contribution in [2.24, 2.45) is 5.92 Å². The maximum absolute atomic E-state index is 13.4. The lowest BCUT2D eigenvalue weighted by Crippen LogP contribution is -2.37. The van der Waals surface area contributed by atoms with E-state index in [0.29, 0.717) is 12.0 Å². The van der Waals surface area contributed by atoms with Crippen LogP contribution in [0, 0.1) is 12.8 Å². The number of rotatable bonds is 5. The monoisotopic (exact) mass is 342 g/mol. The molecule has 6 nitrogen and oxygen atoms in total. The highest BCUT2D eigenvalue weighted by molar-refractivity contribution is 6.05. The maximum atomic E-state index is 13.4. The first-order chi connectivity index (χ1) is 12.0. The van der Waals surface area contributed by atoms with Crippen LogP contribution in [0.1, 0.15) is 55.2 Å². The molecule has 1 aliphatic carbocycles. The zero-order valence-electron chi connectivity index (χ0n) is 15.2. The number of carbonyl (C=O) groups excluding carboxylic acids is 1. The number of ether oxygens (including phenoxy) is 1. The van der Waals surface area contributed by atoms with Gasteiger partial charge in [0.15, 0.2) is 5.65 Å². The number of pyridine rings is 1. The number of carbonyl (C=O) groups is 1. The van der Waals surface area contributed by atoms with Crippen LogP contribution in [0.5, 0.6) is 0 Å². The Morgan fingerprint density at radius 2 is 2.20 bits per heavy atom. The van der Waals surface area contributed by atoms with E-state index < -0.39 is 0 Å². The lowest BCUT2D eigenvalue weighted by molar-refractivity contribution is 0.0708. The van der Waals surface area contributed by atoms with Gasteiger partial charge < -0.3 is 9.64 Å². The van der Waals surface area contributed by atoms with Crippen LogP contribution in [0.25, 0.3) is 11.0 Å². The van der Waals surface area contributed by atoms with E-state index in [1.54, 1.807) is 6.20 Å². The van der Waals surface area contributed by atoms with Gasteiger partial charge in [-0.25, -0.2) is 9.67 Å². The summed E-state index contributed by atoms with van der Waals surface area (Å²) in [4.78, 5) is 20.1. The molecule has 0 bridgehead atoms. The van der Waals surface area contributed by atoms with Gasteiger partial charge in [-0.05, 0) is 46.1 Å². The van der Waals surface area contributed by atoms with Gasteiger partial charge in [-0.2, -0.15) is 5.10 Å². The average Bonchev–Trinajstić information content (AvgIpc) is 3.11. The van der Waals surface area contributed by atoms with Gasteiger partial charge in [-0.15, -0.1) is 0 Å². The van der Waals surface area contributed by atoms with Crippen LogP contribution in [0.4, 0.5) is 0 Å². The van der Waals surface area contributed by atoms with E-state index in [1.165, 1.54) is 0 Å². The lowest BCUT2D eigenvalue weighted by Gasteiger charge is -2.25. The number of hydrogen-bond acceptors (Lipinski definition) is 4. The molecule has 1 aliphatic heterocycles. The van der Waals surface area contributed by atoms with Crippen molar-refractivity contribution in [3.8, 4) is 0 Å². The highest BCUT2D eigenvalue weighted by atomic mass is 16.5. The number of nitrogens with zero attached hydrogens (tertiary/aromatic N) is 4. The van der Waals surface area contributed by atoms with Crippen molar-refractivity contribution in [3.05, 3.63) is 23.5 Å². The highest BCUT2D eigenvalue weighted by Crippen LogP contribution is 2.32. The second kappa shape index (κ2) is 6.41. The van der Waals surface area contributed by atoms with E-state index in [1.807, 2.05) is 17.7 Å². The van der Waals surface area contributed by atoms with Crippen LogP contribution in [0.2, 0.25) is 0 Å². The summed E-state index contributed by atoms with van der Waals surface area (Å²) >= 11 is 0. The van der Waals surface area contributed by atoms with Gasteiger partial charge in [0.2, 0.25) is 0 Å². The molecule has 25 heavy (non-hydrogen) atoms. The Morgan fingerprint density at radius 3 is 2.84 bits per heavy atom. The van der Waals surface area contributed by atoms with Crippen molar-refractivity contribution < 1.29 is 9.53 Å². The molecule has 1 amide bonds. The molecule has 1 saturated heterocycles.